The van der Waals surface area contributed by atoms with Gasteiger partial charge in [0.05, 0.1) is 7.11 Å². The van der Waals surface area contributed by atoms with Gasteiger partial charge in [0, 0.05) is 0 Å². The Morgan fingerprint density at radius 1 is 1.31 bits per heavy atom. The van der Waals surface area contributed by atoms with E-state index in [4.69, 9.17) is 4.74 Å². The lowest BCUT2D eigenvalue weighted by Gasteiger charge is -2.01. The Labute approximate surface area is 93.2 Å². The molecule has 3 nitrogen and oxygen atoms in total. The number of hydrogen-bond acceptors (Lipinski definition) is 3. The molecule has 0 saturated heterocycles. The lowest BCUT2D eigenvalue weighted by Crippen LogP contribution is -1.90. The maximum absolute atomic E-state index is 9.85. The molecule has 0 aliphatic rings. The molecule has 0 heterocycles. The summed E-state index contributed by atoms with van der Waals surface area (Å²) in [6.45, 7) is 0.748. The third-order valence-corrected chi connectivity index (χ3v) is 1.48. The molecule has 0 aliphatic carbocycles. The molecule has 0 N–H and O–H groups in total. The molecule has 0 atom stereocenters. The van der Waals surface area contributed by atoms with E-state index in [1.807, 2.05) is 24.3 Å². The van der Waals surface area contributed by atoms with Gasteiger partial charge in [-0.1, -0.05) is 12.1 Å². The maximum Gasteiger partial charge on any atom is 0.316 e. The molecule has 0 saturated carbocycles. The first-order valence-electron chi connectivity index (χ1n) is 3.55. The van der Waals surface area contributed by atoms with Crippen LogP contribution in [-0.4, -0.2) is 36.6 Å². The van der Waals surface area contributed by atoms with Gasteiger partial charge < -0.3 is 9.47 Å². The van der Waals surface area contributed by atoms with Crippen molar-refractivity contribution in [3.05, 3.63) is 29.8 Å². The molecule has 1 aromatic carbocycles. The molecular weight excluding hydrogens is 180 g/mol. The average molecular weight is 192 g/mol. The van der Waals surface area contributed by atoms with Gasteiger partial charge in [0.2, 0.25) is 0 Å². The highest BCUT2D eigenvalue weighted by atomic mass is 24.3. The number of benzene rings is 1. The van der Waals surface area contributed by atoms with Gasteiger partial charge in [0.25, 0.3) is 6.47 Å². The summed E-state index contributed by atoms with van der Waals surface area (Å²) in [5.41, 5.74) is 0.947. The zero-order valence-electron chi connectivity index (χ0n) is 6.82. The fourth-order valence-electron chi connectivity index (χ4n) is 0.852. The third-order valence-electron chi connectivity index (χ3n) is 1.48. The van der Waals surface area contributed by atoms with Crippen molar-refractivity contribution in [1.82, 2.24) is 0 Å². The van der Waals surface area contributed by atoms with Crippen molar-refractivity contribution in [2.75, 3.05) is 7.11 Å². The number of rotatable bonds is 4. The molecule has 0 radical (unpaired) electrons. The minimum Gasteiger partial charge on any atom is -0.497 e. The van der Waals surface area contributed by atoms with Crippen molar-refractivity contribution in [2.24, 2.45) is 0 Å². The molecule has 0 fully saturated rings. The predicted molar refractivity (Wildman–Crippen MR) is 52.4 cm³/mol. The van der Waals surface area contributed by atoms with E-state index >= 15 is 0 Å². The van der Waals surface area contributed by atoms with Crippen LogP contribution in [-0.2, 0) is 16.1 Å². The van der Waals surface area contributed by atoms with Crippen LogP contribution in [0.2, 0.25) is 0 Å². The highest BCUT2D eigenvalue weighted by molar-refractivity contribution is 5.75. The number of hydrogen-bond donors (Lipinski definition) is 0. The lowest BCUT2D eigenvalue weighted by molar-refractivity contribution is -0.129. The molecule has 1 aromatic rings. The number of ether oxygens (including phenoxy) is 2. The summed E-state index contributed by atoms with van der Waals surface area (Å²) in [6.07, 6.45) is 0. The third kappa shape index (κ3) is 4.14. The van der Waals surface area contributed by atoms with Crippen LogP contribution in [0.25, 0.3) is 0 Å². The zero-order chi connectivity index (χ0) is 8.81. The van der Waals surface area contributed by atoms with Crippen LogP contribution in [0.4, 0.5) is 0 Å². The van der Waals surface area contributed by atoms with Gasteiger partial charge in [-0.15, -0.1) is 0 Å². The van der Waals surface area contributed by atoms with Crippen LogP contribution < -0.4 is 4.74 Å². The SMILES string of the molecule is COc1ccc(COC=O)cc1.[MgH2]. The molecular formula is C9H12MgO3. The van der Waals surface area contributed by atoms with Gasteiger partial charge >= 0.3 is 23.1 Å². The summed E-state index contributed by atoms with van der Waals surface area (Å²) >= 11 is 0. The van der Waals surface area contributed by atoms with E-state index in [9.17, 15) is 4.79 Å². The highest BCUT2D eigenvalue weighted by Gasteiger charge is 1.93. The molecule has 68 valence electrons. The van der Waals surface area contributed by atoms with Crippen LogP contribution in [0, 0.1) is 0 Å². The van der Waals surface area contributed by atoms with Crippen LogP contribution in [0.5, 0.6) is 5.75 Å². The molecule has 1 rings (SSSR count). The summed E-state index contributed by atoms with van der Waals surface area (Å²) in [5.74, 6) is 0.796. The monoisotopic (exact) mass is 192 g/mol. The maximum atomic E-state index is 9.85. The first-order chi connectivity index (χ1) is 5.86. The number of methoxy groups -OCH3 is 1. The molecule has 0 amide bonds. The van der Waals surface area contributed by atoms with Gasteiger partial charge in [-0.25, -0.2) is 0 Å². The lowest BCUT2D eigenvalue weighted by atomic mass is 10.2. The molecule has 0 unspecified atom stereocenters. The Kier molecular flexibility index (Phi) is 6.35. The first kappa shape index (κ1) is 12.3. The summed E-state index contributed by atoms with van der Waals surface area (Å²) in [7, 11) is 1.61. The largest absolute Gasteiger partial charge is 0.497 e. The van der Waals surface area contributed by atoms with Crippen molar-refractivity contribution in [3.63, 3.8) is 0 Å². The van der Waals surface area contributed by atoms with E-state index in [-0.39, 0.29) is 23.1 Å². The smallest absolute Gasteiger partial charge is 0.316 e. The van der Waals surface area contributed by atoms with Crippen LogP contribution in [0.15, 0.2) is 24.3 Å². The second-order valence-corrected chi connectivity index (χ2v) is 2.26. The predicted octanol–water partition coefficient (Wildman–Crippen LogP) is 0.452. The van der Waals surface area contributed by atoms with Crippen molar-refractivity contribution in [3.8, 4) is 5.75 Å². The van der Waals surface area contributed by atoms with E-state index in [2.05, 4.69) is 4.74 Å². The highest BCUT2D eigenvalue weighted by Crippen LogP contribution is 2.11. The zero-order valence-corrected chi connectivity index (χ0v) is 6.82. The van der Waals surface area contributed by atoms with E-state index < -0.39 is 0 Å². The van der Waals surface area contributed by atoms with Gasteiger partial charge in [0.15, 0.2) is 0 Å². The van der Waals surface area contributed by atoms with Crippen LogP contribution in [0.3, 0.4) is 0 Å². The van der Waals surface area contributed by atoms with Gasteiger partial charge in [-0.2, -0.15) is 0 Å². The topological polar surface area (TPSA) is 35.5 Å². The van der Waals surface area contributed by atoms with Crippen molar-refractivity contribution in [2.45, 2.75) is 6.61 Å². The van der Waals surface area contributed by atoms with Crippen LogP contribution >= 0.6 is 0 Å². The van der Waals surface area contributed by atoms with E-state index in [0.717, 1.165) is 11.3 Å². The number of carbonyl (C=O) groups is 1. The minimum atomic E-state index is 0. The van der Waals surface area contributed by atoms with Gasteiger partial charge in [0.1, 0.15) is 12.4 Å². The first-order valence-corrected chi connectivity index (χ1v) is 3.55. The van der Waals surface area contributed by atoms with Crippen molar-refractivity contribution in [1.29, 1.82) is 0 Å². The standard InChI is InChI=1S/C9H10O3.Mg.2H/c1-11-9-4-2-8(3-5-9)6-12-7-10;;;/h2-5,7H,6H2,1H3;;;. The Bertz CT molecular complexity index is 246. The minimum absolute atomic E-state index is 0. The Morgan fingerprint density at radius 3 is 2.38 bits per heavy atom. The fraction of sp³-hybridized carbons (Fsp3) is 0.222. The van der Waals surface area contributed by atoms with Crippen LogP contribution in [0.1, 0.15) is 5.56 Å². The molecule has 0 spiro atoms. The van der Waals surface area contributed by atoms with E-state index in [1.54, 1.807) is 7.11 Å². The summed E-state index contributed by atoms with van der Waals surface area (Å²) in [4.78, 5) is 9.85. The normalized spacial score (nSPS) is 8.38. The average Bonchev–Trinajstić information content (AvgIpc) is 2.15. The summed E-state index contributed by atoms with van der Waals surface area (Å²) in [6, 6.07) is 7.34. The van der Waals surface area contributed by atoms with Gasteiger partial charge in [-0.3, -0.25) is 4.79 Å². The number of carbonyl (C=O) groups excluding carboxylic acids is 1. The second kappa shape index (κ2) is 6.74. The van der Waals surface area contributed by atoms with E-state index in [0.29, 0.717) is 13.1 Å². The Hall–Kier alpha value is -0.744. The molecule has 4 heteroatoms. The Balaban J connectivity index is 0.00000144. The quantitative estimate of drug-likeness (QED) is 0.513. The molecule has 13 heavy (non-hydrogen) atoms. The summed E-state index contributed by atoms with van der Waals surface area (Å²) < 4.78 is 9.53. The molecule has 0 bridgehead atoms. The van der Waals surface area contributed by atoms with E-state index in [1.165, 1.54) is 0 Å². The van der Waals surface area contributed by atoms with Gasteiger partial charge in [-0.05, 0) is 17.7 Å². The molecule has 0 aliphatic heterocycles. The van der Waals surface area contributed by atoms with Crippen molar-refractivity contribution < 1.29 is 14.3 Å². The Morgan fingerprint density at radius 2 is 1.92 bits per heavy atom. The molecule has 0 aromatic heterocycles. The summed E-state index contributed by atoms with van der Waals surface area (Å²) in [5, 5.41) is 0. The second-order valence-electron chi connectivity index (χ2n) is 2.26. The fourth-order valence-corrected chi connectivity index (χ4v) is 0.852. The van der Waals surface area contributed by atoms with Crippen molar-refractivity contribution >= 4 is 29.5 Å².